The minimum absolute atomic E-state index is 0.0186. The Bertz CT molecular complexity index is 338. The first-order chi connectivity index (χ1) is 8.26. The predicted molar refractivity (Wildman–Crippen MR) is 60.4 cm³/mol. The van der Waals surface area contributed by atoms with Gasteiger partial charge < -0.3 is 19.2 Å². The summed E-state index contributed by atoms with van der Waals surface area (Å²) < 4.78 is 15.2. The van der Waals surface area contributed by atoms with Gasteiger partial charge in [0.05, 0.1) is 26.0 Å². The van der Waals surface area contributed by atoms with Crippen LogP contribution in [0.1, 0.15) is 18.6 Å². The largest absolute Gasteiger partial charge is 0.444 e. The molecule has 1 aromatic rings. The summed E-state index contributed by atoms with van der Waals surface area (Å²) in [7, 11) is 1.58. The average Bonchev–Trinajstić information content (AvgIpc) is 2.80. The molecule has 0 aliphatic heterocycles. The molecule has 0 aliphatic carbocycles. The van der Waals surface area contributed by atoms with Crippen LogP contribution in [-0.2, 0) is 27.2 Å². The second kappa shape index (κ2) is 7.81. The molecule has 0 saturated heterocycles. The number of aromatic nitrogens is 1. The molecule has 1 aromatic heterocycles. The number of nitrogens with one attached hydrogen (secondary N) is 1. The number of carbonyl (C=O) groups is 1. The van der Waals surface area contributed by atoms with Gasteiger partial charge in [0.15, 0.2) is 0 Å². The lowest BCUT2D eigenvalue weighted by molar-refractivity contribution is -0.126. The number of hydrogen-bond acceptors (Lipinski definition) is 5. The maximum absolute atomic E-state index is 11.3. The fraction of sp³-hybridized carbons (Fsp3) is 0.636. The van der Waals surface area contributed by atoms with Crippen molar-refractivity contribution in [2.45, 2.75) is 19.9 Å². The van der Waals surface area contributed by atoms with Gasteiger partial charge in [0.25, 0.3) is 0 Å². The van der Waals surface area contributed by atoms with E-state index in [1.165, 1.54) is 0 Å². The Morgan fingerprint density at radius 2 is 2.35 bits per heavy atom. The quantitative estimate of drug-likeness (QED) is 0.673. The van der Waals surface area contributed by atoms with Crippen molar-refractivity contribution in [2.75, 3.05) is 26.9 Å². The van der Waals surface area contributed by atoms with E-state index in [-0.39, 0.29) is 19.1 Å². The van der Waals surface area contributed by atoms with Gasteiger partial charge in [-0.2, -0.15) is 0 Å². The molecule has 0 spiro atoms. The van der Waals surface area contributed by atoms with Gasteiger partial charge in [0, 0.05) is 13.5 Å². The summed E-state index contributed by atoms with van der Waals surface area (Å²) in [6, 6.07) is 0. The summed E-state index contributed by atoms with van der Waals surface area (Å²) in [4.78, 5) is 15.3. The van der Waals surface area contributed by atoms with Crippen molar-refractivity contribution < 1.29 is 18.7 Å². The third kappa shape index (κ3) is 5.46. The lowest BCUT2D eigenvalue weighted by atomic mass is 10.4. The van der Waals surface area contributed by atoms with Crippen LogP contribution >= 0.6 is 0 Å². The van der Waals surface area contributed by atoms with Crippen molar-refractivity contribution in [1.82, 2.24) is 10.3 Å². The molecule has 0 radical (unpaired) electrons. The minimum Gasteiger partial charge on any atom is -0.444 e. The van der Waals surface area contributed by atoms with Crippen LogP contribution in [0.3, 0.4) is 0 Å². The Morgan fingerprint density at radius 3 is 3.00 bits per heavy atom. The number of ether oxygens (including phenoxy) is 2. The summed E-state index contributed by atoms with van der Waals surface area (Å²) in [5.41, 5.74) is 0. The maximum atomic E-state index is 11.3. The molecule has 17 heavy (non-hydrogen) atoms. The number of aryl methyl sites for hydroxylation is 1. The van der Waals surface area contributed by atoms with Crippen molar-refractivity contribution in [3.8, 4) is 0 Å². The van der Waals surface area contributed by atoms with E-state index >= 15 is 0 Å². The van der Waals surface area contributed by atoms with Crippen molar-refractivity contribution in [1.29, 1.82) is 0 Å². The molecule has 1 N–H and O–H groups in total. The molecule has 0 saturated carbocycles. The highest BCUT2D eigenvalue weighted by molar-refractivity contribution is 5.76. The summed E-state index contributed by atoms with van der Waals surface area (Å²) in [5, 5.41) is 2.65. The molecule has 1 rings (SSSR count). The van der Waals surface area contributed by atoms with E-state index in [9.17, 15) is 4.79 Å². The molecule has 0 bridgehead atoms. The van der Waals surface area contributed by atoms with Crippen LogP contribution < -0.4 is 5.32 Å². The Labute approximate surface area is 100 Å². The number of amides is 1. The van der Waals surface area contributed by atoms with Crippen molar-refractivity contribution in [3.63, 3.8) is 0 Å². The van der Waals surface area contributed by atoms with Crippen molar-refractivity contribution >= 4 is 5.91 Å². The minimum atomic E-state index is -0.197. The van der Waals surface area contributed by atoms with Crippen LogP contribution in [0, 0.1) is 0 Å². The first-order valence-corrected chi connectivity index (χ1v) is 5.53. The predicted octanol–water partition coefficient (Wildman–Crippen LogP) is 0.516. The van der Waals surface area contributed by atoms with E-state index < -0.39 is 0 Å². The summed E-state index contributed by atoms with van der Waals surface area (Å²) in [6.07, 6.45) is 2.46. The van der Waals surface area contributed by atoms with Gasteiger partial charge in [0.1, 0.15) is 12.4 Å². The lowest BCUT2D eigenvalue weighted by Gasteiger charge is -2.03. The molecule has 1 heterocycles. The third-order valence-electron chi connectivity index (χ3n) is 2.05. The zero-order valence-corrected chi connectivity index (χ0v) is 10.2. The van der Waals surface area contributed by atoms with Crippen molar-refractivity contribution in [2.24, 2.45) is 0 Å². The third-order valence-corrected chi connectivity index (χ3v) is 2.05. The molecule has 1 amide bonds. The van der Waals surface area contributed by atoms with Gasteiger partial charge in [-0.15, -0.1) is 0 Å². The number of methoxy groups -OCH3 is 1. The van der Waals surface area contributed by atoms with Gasteiger partial charge in [-0.3, -0.25) is 4.79 Å². The molecule has 0 fully saturated rings. The molecule has 0 aliphatic rings. The summed E-state index contributed by atoms with van der Waals surface area (Å²) in [6.45, 7) is 3.17. The number of carbonyl (C=O) groups excluding carboxylic acids is 1. The second-order valence-corrected chi connectivity index (χ2v) is 3.40. The van der Waals surface area contributed by atoms with Crippen LogP contribution in [-0.4, -0.2) is 37.8 Å². The van der Waals surface area contributed by atoms with Gasteiger partial charge in [0.2, 0.25) is 11.8 Å². The summed E-state index contributed by atoms with van der Waals surface area (Å²) >= 11 is 0. The molecule has 0 unspecified atom stereocenters. The maximum Gasteiger partial charge on any atom is 0.246 e. The first-order valence-electron chi connectivity index (χ1n) is 5.53. The van der Waals surface area contributed by atoms with Crippen LogP contribution in [0.4, 0.5) is 0 Å². The molecular formula is C11H18N2O4. The number of nitrogens with zero attached hydrogens (tertiary/aromatic N) is 1. The topological polar surface area (TPSA) is 73.6 Å². The highest BCUT2D eigenvalue weighted by Gasteiger charge is 2.05. The molecular weight excluding hydrogens is 224 g/mol. The Balaban J connectivity index is 2.14. The Kier molecular flexibility index (Phi) is 6.27. The molecule has 6 nitrogen and oxygen atoms in total. The van der Waals surface area contributed by atoms with Gasteiger partial charge >= 0.3 is 0 Å². The summed E-state index contributed by atoms with van der Waals surface area (Å²) in [5.74, 6) is 1.12. The Morgan fingerprint density at radius 1 is 1.53 bits per heavy atom. The molecule has 0 atom stereocenters. The zero-order valence-electron chi connectivity index (χ0n) is 10.2. The monoisotopic (exact) mass is 242 g/mol. The molecule has 96 valence electrons. The average molecular weight is 242 g/mol. The van der Waals surface area contributed by atoms with E-state index in [4.69, 9.17) is 13.9 Å². The molecule has 6 heteroatoms. The van der Waals surface area contributed by atoms with Crippen LogP contribution in [0.15, 0.2) is 10.6 Å². The highest BCUT2D eigenvalue weighted by Crippen LogP contribution is 2.03. The van der Waals surface area contributed by atoms with Crippen LogP contribution in [0.5, 0.6) is 0 Å². The lowest BCUT2D eigenvalue weighted by Crippen LogP contribution is -2.27. The normalized spacial score (nSPS) is 10.5. The van der Waals surface area contributed by atoms with Crippen LogP contribution in [0.2, 0.25) is 0 Å². The Hall–Kier alpha value is -1.40. The van der Waals surface area contributed by atoms with Gasteiger partial charge in [-0.05, 0) is 0 Å². The number of rotatable bonds is 8. The van der Waals surface area contributed by atoms with Crippen molar-refractivity contribution in [3.05, 3.63) is 17.8 Å². The van der Waals surface area contributed by atoms with E-state index in [1.54, 1.807) is 13.3 Å². The van der Waals surface area contributed by atoms with E-state index in [0.29, 0.717) is 19.1 Å². The van der Waals surface area contributed by atoms with E-state index in [2.05, 4.69) is 10.3 Å². The fourth-order valence-corrected chi connectivity index (χ4v) is 1.13. The van der Waals surface area contributed by atoms with Gasteiger partial charge in [-0.25, -0.2) is 4.98 Å². The zero-order chi connectivity index (χ0) is 12.5. The molecule has 0 aromatic carbocycles. The smallest absolute Gasteiger partial charge is 0.246 e. The van der Waals surface area contributed by atoms with E-state index in [1.807, 2.05) is 6.92 Å². The number of hydrogen-bond donors (Lipinski definition) is 1. The highest BCUT2D eigenvalue weighted by atomic mass is 16.5. The van der Waals surface area contributed by atoms with E-state index in [0.717, 1.165) is 12.2 Å². The van der Waals surface area contributed by atoms with Crippen LogP contribution in [0.25, 0.3) is 0 Å². The SMILES string of the molecule is CCc1cnc(CNC(=O)COCCOC)o1. The van der Waals surface area contributed by atoms with Gasteiger partial charge in [-0.1, -0.05) is 6.92 Å². The second-order valence-electron chi connectivity index (χ2n) is 3.40. The fourth-order valence-electron chi connectivity index (χ4n) is 1.13. The first kappa shape index (κ1) is 13.7. The number of oxazole rings is 1. The standard InChI is InChI=1S/C11H18N2O4/c1-3-9-6-13-11(17-9)7-12-10(14)8-16-5-4-15-2/h6H,3-5,7-8H2,1-2H3,(H,12,14).